The molecule has 106 valence electrons. The first-order valence-electron chi connectivity index (χ1n) is 6.57. The van der Waals surface area contributed by atoms with E-state index in [2.05, 4.69) is 13.0 Å². The van der Waals surface area contributed by atoms with E-state index in [0.29, 0.717) is 10.9 Å². The summed E-state index contributed by atoms with van der Waals surface area (Å²) in [6.45, 7) is 3.44. The van der Waals surface area contributed by atoms with Gasteiger partial charge in [0.1, 0.15) is 4.32 Å². The predicted molar refractivity (Wildman–Crippen MR) is 87.9 cm³/mol. The number of thiophene rings is 1. The summed E-state index contributed by atoms with van der Waals surface area (Å²) in [5.74, 6) is 0.0153. The molecular weight excluding hydrogens is 310 g/mol. The molecule has 2 aliphatic heterocycles. The Kier molecular flexibility index (Phi) is 4.26. The van der Waals surface area contributed by atoms with Crippen molar-refractivity contribution in [2.75, 3.05) is 13.2 Å². The van der Waals surface area contributed by atoms with Gasteiger partial charge in [0, 0.05) is 16.4 Å². The number of thioether (sulfide) groups is 1. The van der Waals surface area contributed by atoms with Crippen LogP contribution >= 0.6 is 35.3 Å². The van der Waals surface area contributed by atoms with E-state index in [-0.39, 0.29) is 12.0 Å². The molecule has 1 amide bonds. The normalized spacial score (nSPS) is 25.1. The zero-order chi connectivity index (χ0) is 14.1. The van der Waals surface area contributed by atoms with Crippen LogP contribution in [0.3, 0.4) is 0 Å². The van der Waals surface area contributed by atoms with E-state index in [9.17, 15) is 4.79 Å². The smallest absolute Gasteiger partial charge is 0.266 e. The molecule has 0 aromatic carbocycles. The highest BCUT2D eigenvalue weighted by Gasteiger charge is 2.34. The summed E-state index contributed by atoms with van der Waals surface area (Å²) < 4.78 is 6.23. The van der Waals surface area contributed by atoms with Gasteiger partial charge in [-0.25, -0.2) is 0 Å². The lowest BCUT2D eigenvalue weighted by atomic mass is 10.2. The molecule has 2 fully saturated rings. The first-order valence-corrected chi connectivity index (χ1v) is 8.61. The predicted octanol–water partition coefficient (Wildman–Crippen LogP) is 3.44. The van der Waals surface area contributed by atoms with Gasteiger partial charge in [-0.3, -0.25) is 9.69 Å². The third kappa shape index (κ3) is 2.98. The molecule has 0 spiro atoms. The molecule has 6 heteroatoms. The average molecular weight is 325 g/mol. The summed E-state index contributed by atoms with van der Waals surface area (Å²) in [5.41, 5.74) is 0. The fourth-order valence-corrected chi connectivity index (χ4v) is 4.47. The van der Waals surface area contributed by atoms with Gasteiger partial charge in [-0.05, 0) is 38.0 Å². The number of carbonyl (C=O) groups excluding carboxylic acids is 1. The van der Waals surface area contributed by atoms with Crippen molar-refractivity contribution in [3.05, 3.63) is 26.8 Å². The quantitative estimate of drug-likeness (QED) is 0.629. The van der Waals surface area contributed by atoms with Gasteiger partial charge in [-0.1, -0.05) is 24.0 Å². The van der Waals surface area contributed by atoms with Crippen molar-refractivity contribution in [2.45, 2.75) is 25.9 Å². The molecule has 3 nitrogen and oxygen atoms in total. The molecule has 1 atom stereocenters. The van der Waals surface area contributed by atoms with E-state index in [1.807, 2.05) is 12.1 Å². The van der Waals surface area contributed by atoms with Crippen LogP contribution in [0.15, 0.2) is 17.0 Å². The van der Waals surface area contributed by atoms with Gasteiger partial charge in [0.2, 0.25) is 0 Å². The number of hydrogen-bond acceptors (Lipinski definition) is 5. The Morgan fingerprint density at radius 3 is 3.05 bits per heavy atom. The Labute approximate surface area is 132 Å². The molecule has 0 bridgehead atoms. The SMILES string of the molecule is Cc1ccc(/C=C2\SC(=S)N(C[C@@H]3CCCO3)C2=O)s1. The Morgan fingerprint density at radius 2 is 2.40 bits per heavy atom. The maximum absolute atomic E-state index is 12.4. The van der Waals surface area contributed by atoms with Gasteiger partial charge < -0.3 is 4.74 Å². The Balaban J connectivity index is 1.74. The molecule has 3 heterocycles. The van der Waals surface area contributed by atoms with Crippen molar-refractivity contribution in [1.29, 1.82) is 0 Å². The third-order valence-corrected chi connectivity index (χ3v) is 5.64. The zero-order valence-corrected chi connectivity index (χ0v) is 13.6. The zero-order valence-electron chi connectivity index (χ0n) is 11.1. The molecule has 20 heavy (non-hydrogen) atoms. The molecule has 2 saturated heterocycles. The van der Waals surface area contributed by atoms with Crippen molar-refractivity contribution < 1.29 is 9.53 Å². The summed E-state index contributed by atoms with van der Waals surface area (Å²) in [7, 11) is 0. The number of nitrogens with zero attached hydrogens (tertiary/aromatic N) is 1. The molecule has 0 radical (unpaired) electrons. The van der Waals surface area contributed by atoms with E-state index in [1.165, 1.54) is 16.6 Å². The lowest BCUT2D eigenvalue weighted by Crippen LogP contribution is -2.35. The molecule has 3 rings (SSSR count). The highest BCUT2D eigenvalue weighted by molar-refractivity contribution is 8.26. The van der Waals surface area contributed by atoms with E-state index in [4.69, 9.17) is 17.0 Å². The molecule has 1 aromatic rings. The van der Waals surface area contributed by atoms with E-state index in [0.717, 1.165) is 29.2 Å². The lowest BCUT2D eigenvalue weighted by molar-refractivity contribution is -0.123. The van der Waals surface area contributed by atoms with Gasteiger partial charge in [0.15, 0.2) is 0 Å². The summed E-state index contributed by atoms with van der Waals surface area (Å²) in [6.07, 6.45) is 4.16. The van der Waals surface area contributed by atoms with Crippen LogP contribution < -0.4 is 0 Å². The number of ether oxygens (including phenoxy) is 1. The van der Waals surface area contributed by atoms with Crippen LogP contribution in [0.25, 0.3) is 6.08 Å². The Bertz CT molecular complexity index is 573. The number of thiocarbonyl (C=S) groups is 1. The Hall–Kier alpha value is -0.690. The molecule has 2 aliphatic rings. The average Bonchev–Trinajstić information content (AvgIpc) is 3.10. The van der Waals surface area contributed by atoms with Crippen LogP contribution in [0.1, 0.15) is 22.6 Å². The van der Waals surface area contributed by atoms with Crippen LogP contribution in [0, 0.1) is 6.92 Å². The maximum Gasteiger partial charge on any atom is 0.266 e. The molecular formula is C14H15NO2S3. The van der Waals surface area contributed by atoms with Gasteiger partial charge in [0.25, 0.3) is 5.91 Å². The van der Waals surface area contributed by atoms with Crippen LogP contribution in [0.5, 0.6) is 0 Å². The number of rotatable bonds is 3. The van der Waals surface area contributed by atoms with Gasteiger partial charge in [0.05, 0.1) is 17.6 Å². The number of aryl methyl sites for hydroxylation is 1. The van der Waals surface area contributed by atoms with Gasteiger partial charge >= 0.3 is 0 Å². The second-order valence-corrected chi connectivity index (χ2v) is 7.87. The fraction of sp³-hybridized carbons (Fsp3) is 0.429. The van der Waals surface area contributed by atoms with Gasteiger partial charge in [-0.15, -0.1) is 11.3 Å². The molecule has 0 unspecified atom stereocenters. The van der Waals surface area contributed by atoms with Crippen molar-refractivity contribution in [3.63, 3.8) is 0 Å². The summed E-state index contributed by atoms with van der Waals surface area (Å²) in [4.78, 5) is 17.2. The van der Waals surface area contributed by atoms with Crippen molar-refractivity contribution >= 4 is 51.6 Å². The van der Waals surface area contributed by atoms with E-state index in [1.54, 1.807) is 16.2 Å². The first-order chi connectivity index (χ1) is 9.63. The molecule has 0 saturated carbocycles. The summed E-state index contributed by atoms with van der Waals surface area (Å²) in [6, 6.07) is 4.09. The summed E-state index contributed by atoms with van der Waals surface area (Å²) in [5, 5.41) is 0. The second kappa shape index (κ2) is 5.97. The summed E-state index contributed by atoms with van der Waals surface area (Å²) >= 11 is 8.40. The number of carbonyl (C=O) groups is 1. The standard InChI is InChI=1S/C14H15NO2S3/c1-9-4-5-11(19-9)7-12-13(16)15(14(18)20-12)8-10-3-2-6-17-10/h4-5,7,10H,2-3,6,8H2,1H3/b12-7-/t10-/m0/s1. The van der Waals surface area contributed by atoms with Crippen molar-refractivity contribution in [2.24, 2.45) is 0 Å². The lowest BCUT2D eigenvalue weighted by Gasteiger charge is -2.18. The van der Waals surface area contributed by atoms with Crippen LogP contribution in [0.4, 0.5) is 0 Å². The first kappa shape index (κ1) is 14.3. The van der Waals surface area contributed by atoms with Gasteiger partial charge in [-0.2, -0.15) is 0 Å². The highest BCUT2D eigenvalue weighted by atomic mass is 32.2. The van der Waals surface area contributed by atoms with Crippen molar-refractivity contribution in [3.8, 4) is 0 Å². The minimum atomic E-state index is 0.0153. The van der Waals surface area contributed by atoms with Crippen molar-refractivity contribution in [1.82, 2.24) is 4.90 Å². The molecule has 0 aliphatic carbocycles. The number of amides is 1. The minimum Gasteiger partial charge on any atom is -0.376 e. The van der Waals surface area contributed by atoms with Crippen LogP contribution in [-0.2, 0) is 9.53 Å². The molecule has 1 aromatic heterocycles. The Morgan fingerprint density at radius 1 is 1.55 bits per heavy atom. The topological polar surface area (TPSA) is 29.5 Å². The van der Waals surface area contributed by atoms with Crippen LogP contribution in [0.2, 0.25) is 0 Å². The third-order valence-electron chi connectivity index (χ3n) is 3.32. The fourth-order valence-electron chi connectivity index (χ4n) is 2.31. The van der Waals surface area contributed by atoms with Crippen LogP contribution in [-0.4, -0.2) is 34.4 Å². The van der Waals surface area contributed by atoms with E-state index < -0.39 is 0 Å². The highest BCUT2D eigenvalue weighted by Crippen LogP contribution is 2.34. The monoisotopic (exact) mass is 325 g/mol. The maximum atomic E-state index is 12.4. The second-order valence-electron chi connectivity index (χ2n) is 4.88. The van der Waals surface area contributed by atoms with E-state index >= 15 is 0 Å². The molecule has 0 N–H and O–H groups in total. The largest absolute Gasteiger partial charge is 0.376 e. The number of hydrogen-bond donors (Lipinski definition) is 0. The minimum absolute atomic E-state index is 0.0153.